The zero-order chi connectivity index (χ0) is 14.2. The first-order valence-electron chi connectivity index (χ1n) is 6.50. The summed E-state index contributed by atoms with van der Waals surface area (Å²) in [5, 5.41) is 5.43. The molecule has 3 aromatic heterocycles. The molecule has 0 amide bonds. The van der Waals surface area contributed by atoms with Crippen molar-refractivity contribution < 1.29 is 0 Å². The Kier molecular flexibility index (Phi) is 2.47. The molecule has 0 aliphatic rings. The number of nitrogens with one attached hydrogen (secondary N) is 1. The van der Waals surface area contributed by atoms with Gasteiger partial charge < -0.3 is 15.5 Å². The van der Waals surface area contributed by atoms with Crippen molar-refractivity contribution in [2.75, 3.05) is 11.1 Å². The summed E-state index contributed by atoms with van der Waals surface area (Å²) in [6, 6.07) is 7.98. The molecule has 6 nitrogen and oxygen atoms in total. The van der Waals surface area contributed by atoms with Gasteiger partial charge in [-0.2, -0.15) is 0 Å². The van der Waals surface area contributed by atoms with Gasteiger partial charge in [-0.05, 0) is 17.5 Å². The standard InChI is InChI=1S/C15H12N6/c16-13-9-21-7-6-18-15(21)14(20-13)19-12-3-1-2-10-4-5-17-8-11(10)12/h1-9H,16H2,(H,19,20). The number of hydrogen-bond donors (Lipinski definition) is 2. The molecule has 0 aliphatic carbocycles. The largest absolute Gasteiger partial charge is 0.382 e. The van der Waals surface area contributed by atoms with E-state index in [0.29, 0.717) is 11.6 Å². The average Bonchev–Trinajstić information content (AvgIpc) is 2.96. The van der Waals surface area contributed by atoms with Gasteiger partial charge in [0, 0.05) is 35.9 Å². The van der Waals surface area contributed by atoms with E-state index in [1.54, 1.807) is 18.6 Å². The van der Waals surface area contributed by atoms with Crippen LogP contribution in [0.15, 0.2) is 55.2 Å². The molecule has 0 saturated carbocycles. The fourth-order valence-electron chi connectivity index (χ4n) is 2.38. The summed E-state index contributed by atoms with van der Waals surface area (Å²) in [4.78, 5) is 12.8. The number of nitrogen functional groups attached to an aromatic ring is 1. The number of rotatable bonds is 2. The number of fused-ring (bicyclic) bond motifs is 2. The van der Waals surface area contributed by atoms with Crippen LogP contribution in [0.1, 0.15) is 0 Å². The van der Waals surface area contributed by atoms with Gasteiger partial charge in [-0.25, -0.2) is 9.97 Å². The molecule has 4 rings (SSSR count). The lowest BCUT2D eigenvalue weighted by molar-refractivity contribution is 1.14. The van der Waals surface area contributed by atoms with Crippen molar-refractivity contribution in [3.05, 3.63) is 55.2 Å². The Hall–Kier alpha value is -3.15. The monoisotopic (exact) mass is 276 g/mol. The highest BCUT2D eigenvalue weighted by molar-refractivity contribution is 5.95. The lowest BCUT2D eigenvalue weighted by Gasteiger charge is -2.10. The predicted molar refractivity (Wildman–Crippen MR) is 82.4 cm³/mol. The number of benzene rings is 1. The summed E-state index contributed by atoms with van der Waals surface area (Å²) in [6.07, 6.45) is 8.89. The molecule has 4 aromatic rings. The molecule has 3 N–H and O–H groups in total. The van der Waals surface area contributed by atoms with Crippen LogP contribution in [0.2, 0.25) is 0 Å². The van der Waals surface area contributed by atoms with Gasteiger partial charge in [-0.3, -0.25) is 4.98 Å². The molecule has 0 unspecified atom stereocenters. The van der Waals surface area contributed by atoms with E-state index >= 15 is 0 Å². The summed E-state index contributed by atoms with van der Waals surface area (Å²) in [6.45, 7) is 0. The average molecular weight is 276 g/mol. The Balaban J connectivity index is 1.89. The van der Waals surface area contributed by atoms with Crippen LogP contribution in [0.3, 0.4) is 0 Å². The van der Waals surface area contributed by atoms with Crippen LogP contribution in [0, 0.1) is 0 Å². The molecule has 0 fully saturated rings. The third kappa shape index (κ3) is 1.93. The van der Waals surface area contributed by atoms with Crippen LogP contribution in [-0.2, 0) is 0 Å². The van der Waals surface area contributed by atoms with Crippen LogP contribution >= 0.6 is 0 Å². The zero-order valence-corrected chi connectivity index (χ0v) is 11.1. The fraction of sp³-hybridized carbons (Fsp3) is 0. The van der Waals surface area contributed by atoms with Gasteiger partial charge in [-0.1, -0.05) is 12.1 Å². The Labute approximate surface area is 120 Å². The molecular formula is C15H12N6. The first kappa shape index (κ1) is 11.7. The van der Waals surface area contributed by atoms with Crippen molar-refractivity contribution in [2.45, 2.75) is 0 Å². The quantitative estimate of drug-likeness (QED) is 0.588. The lowest BCUT2D eigenvalue weighted by atomic mass is 10.1. The van der Waals surface area contributed by atoms with Gasteiger partial charge in [0.15, 0.2) is 11.5 Å². The van der Waals surface area contributed by atoms with E-state index in [-0.39, 0.29) is 0 Å². The first-order chi connectivity index (χ1) is 10.3. The molecule has 102 valence electrons. The molecule has 0 radical (unpaired) electrons. The molecule has 0 atom stereocenters. The Morgan fingerprint density at radius 1 is 1.14 bits per heavy atom. The number of nitrogens with zero attached hydrogens (tertiary/aromatic N) is 4. The number of pyridine rings is 1. The number of hydrogen-bond acceptors (Lipinski definition) is 5. The third-order valence-electron chi connectivity index (χ3n) is 3.33. The molecule has 0 aliphatic heterocycles. The molecule has 0 saturated heterocycles. The van der Waals surface area contributed by atoms with Gasteiger partial charge in [0.25, 0.3) is 0 Å². The van der Waals surface area contributed by atoms with Gasteiger partial charge in [-0.15, -0.1) is 0 Å². The molecule has 0 spiro atoms. The second kappa shape index (κ2) is 4.45. The van der Waals surface area contributed by atoms with E-state index in [9.17, 15) is 0 Å². The van der Waals surface area contributed by atoms with Crippen LogP contribution < -0.4 is 11.1 Å². The maximum absolute atomic E-state index is 5.84. The maximum atomic E-state index is 5.84. The van der Waals surface area contributed by atoms with Crippen molar-refractivity contribution in [3.63, 3.8) is 0 Å². The van der Waals surface area contributed by atoms with E-state index in [1.807, 2.05) is 41.1 Å². The van der Waals surface area contributed by atoms with Crippen LogP contribution in [0.25, 0.3) is 16.4 Å². The maximum Gasteiger partial charge on any atom is 0.180 e. The summed E-state index contributed by atoms with van der Waals surface area (Å²) < 4.78 is 1.84. The second-order valence-electron chi connectivity index (χ2n) is 4.70. The van der Waals surface area contributed by atoms with Gasteiger partial charge >= 0.3 is 0 Å². The molecule has 21 heavy (non-hydrogen) atoms. The molecule has 6 heteroatoms. The summed E-state index contributed by atoms with van der Waals surface area (Å²) in [7, 11) is 0. The van der Waals surface area contributed by atoms with E-state index in [0.717, 1.165) is 22.1 Å². The molecule has 0 bridgehead atoms. The highest BCUT2D eigenvalue weighted by Crippen LogP contribution is 2.26. The summed E-state index contributed by atoms with van der Waals surface area (Å²) in [5.41, 5.74) is 7.49. The third-order valence-corrected chi connectivity index (χ3v) is 3.33. The summed E-state index contributed by atoms with van der Waals surface area (Å²) in [5.74, 6) is 1.05. The number of imidazole rings is 1. The predicted octanol–water partition coefficient (Wildman–Crippen LogP) is 2.60. The topological polar surface area (TPSA) is 81.1 Å². The molecule has 1 aromatic carbocycles. The van der Waals surface area contributed by atoms with Gasteiger partial charge in [0.05, 0.1) is 6.20 Å². The SMILES string of the molecule is Nc1cn2ccnc2c(Nc2cccc3ccncc23)n1. The van der Waals surface area contributed by atoms with Crippen molar-refractivity contribution >= 4 is 33.7 Å². The number of anilines is 3. The zero-order valence-electron chi connectivity index (χ0n) is 11.1. The highest BCUT2D eigenvalue weighted by atomic mass is 15.1. The number of aromatic nitrogens is 4. The minimum atomic E-state index is 0.432. The van der Waals surface area contributed by atoms with E-state index < -0.39 is 0 Å². The van der Waals surface area contributed by atoms with Gasteiger partial charge in [0.2, 0.25) is 0 Å². The van der Waals surface area contributed by atoms with Crippen molar-refractivity contribution in [1.82, 2.24) is 19.4 Å². The van der Waals surface area contributed by atoms with E-state index in [1.165, 1.54) is 0 Å². The summed E-state index contributed by atoms with van der Waals surface area (Å²) >= 11 is 0. The highest BCUT2D eigenvalue weighted by Gasteiger charge is 2.08. The molecule has 3 heterocycles. The van der Waals surface area contributed by atoms with E-state index in [4.69, 9.17) is 5.73 Å². The Bertz CT molecular complexity index is 938. The number of nitrogens with two attached hydrogens (primary N) is 1. The minimum Gasteiger partial charge on any atom is -0.382 e. The smallest absolute Gasteiger partial charge is 0.180 e. The Morgan fingerprint density at radius 2 is 2.10 bits per heavy atom. The van der Waals surface area contributed by atoms with Crippen molar-refractivity contribution in [2.24, 2.45) is 0 Å². The normalized spacial score (nSPS) is 11.0. The lowest BCUT2D eigenvalue weighted by Crippen LogP contribution is -2.02. The van der Waals surface area contributed by atoms with Crippen LogP contribution in [0.5, 0.6) is 0 Å². The van der Waals surface area contributed by atoms with E-state index in [2.05, 4.69) is 20.3 Å². The molecular weight excluding hydrogens is 264 g/mol. The minimum absolute atomic E-state index is 0.432. The van der Waals surface area contributed by atoms with Crippen molar-refractivity contribution in [3.8, 4) is 0 Å². The van der Waals surface area contributed by atoms with Crippen molar-refractivity contribution in [1.29, 1.82) is 0 Å². The first-order valence-corrected chi connectivity index (χ1v) is 6.50. The van der Waals surface area contributed by atoms with Crippen LogP contribution in [0.4, 0.5) is 17.3 Å². The second-order valence-corrected chi connectivity index (χ2v) is 4.70. The Morgan fingerprint density at radius 3 is 3.05 bits per heavy atom. The van der Waals surface area contributed by atoms with Crippen LogP contribution in [-0.4, -0.2) is 19.4 Å². The fourth-order valence-corrected chi connectivity index (χ4v) is 2.38. The van der Waals surface area contributed by atoms with Gasteiger partial charge in [0.1, 0.15) is 5.82 Å².